The number of halogens is 2. The first kappa shape index (κ1) is 19.0. The topological polar surface area (TPSA) is 71.7 Å². The molecule has 0 aliphatic carbocycles. The average molecular weight is 498 g/mol. The van der Waals surface area contributed by atoms with Crippen molar-refractivity contribution in [1.29, 1.82) is 0 Å². The molecule has 0 unspecified atom stereocenters. The van der Waals surface area contributed by atoms with Crippen molar-refractivity contribution in [3.05, 3.63) is 81.1 Å². The van der Waals surface area contributed by atoms with E-state index in [2.05, 4.69) is 41.6 Å². The van der Waals surface area contributed by atoms with Gasteiger partial charge in [-0.1, -0.05) is 37.9 Å². The lowest BCUT2D eigenvalue weighted by molar-refractivity contribution is 0.494. The van der Waals surface area contributed by atoms with E-state index in [0.717, 1.165) is 14.6 Å². The van der Waals surface area contributed by atoms with Gasteiger partial charge in [-0.25, -0.2) is 13.1 Å². The summed E-state index contributed by atoms with van der Waals surface area (Å²) in [5.74, 6) is 1.05. The fourth-order valence-corrected chi connectivity index (χ4v) is 3.76. The highest BCUT2D eigenvalue weighted by Gasteiger charge is 2.14. The summed E-state index contributed by atoms with van der Waals surface area (Å²) in [4.78, 5) is 4.52. The number of hydrogen-bond acceptors (Lipinski definition) is 4. The third-order valence-corrected chi connectivity index (χ3v) is 5.83. The van der Waals surface area contributed by atoms with Crippen LogP contribution in [-0.4, -0.2) is 14.6 Å². The Hall–Kier alpha value is -1.74. The summed E-state index contributed by atoms with van der Waals surface area (Å²) < 4.78 is 34.4. The van der Waals surface area contributed by atoms with Crippen LogP contribution >= 0.6 is 31.9 Å². The molecule has 0 aliphatic heterocycles. The summed E-state index contributed by atoms with van der Waals surface area (Å²) in [5.41, 5.74) is 0.785. The van der Waals surface area contributed by atoms with Crippen LogP contribution < -0.4 is 4.72 Å². The van der Waals surface area contributed by atoms with Gasteiger partial charge in [-0.3, -0.25) is 4.99 Å². The maximum absolute atomic E-state index is 12.3. The molecule has 0 amide bonds. The van der Waals surface area contributed by atoms with Crippen LogP contribution in [-0.2, 0) is 16.6 Å². The van der Waals surface area contributed by atoms with Crippen molar-refractivity contribution in [2.45, 2.75) is 11.4 Å². The summed E-state index contributed by atoms with van der Waals surface area (Å²) in [6.45, 7) is 0.0587. The molecule has 0 spiro atoms. The summed E-state index contributed by atoms with van der Waals surface area (Å²) in [7, 11) is -3.60. The van der Waals surface area contributed by atoms with Crippen LogP contribution in [0.5, 0.6) is 0 Å². The Morgan fingerprint density at radius 2 is 1.77 bits per heavy atom. The molecule has 2 aromatic carbocycles. The van der Waals surface area contributed by atoms with Crippen molar-refractivity contribution in [1.82, 2.24) is 4.72 Å². The van der Waals surface area contributed by atoms with Gasteiger partial charge in [0.1, 0.15) is 11.5 Å². The second-order valence-corrected chi connectivity index (χ2v) is 8.92. The van der Waals surface area contributed by atoms with E-state index in [1.165, 1.54) is 12.1 Å². The van der Waals surface area contributed by atoms with E-state index in [4.69, 9.17) is 4.42 Å². The minimum Gasteiger partial charge on any atom is -0.459 e. The molecule has 1 aromatic heterocycles. The van der Waals surface area contributed by atoms with Gasteiger partial charge < -0.3 is 4.42 Å². The van der Waals surface area contributed by atoms with Gasteiger partial charge in [0.05, 0.1) is 23.3 Å². The van der Waals surface area contributed by atoms with E-state index in [0.29, 0.717) is 11.5 Å². The molecule has 0 atom stereocenters. The van der Waals surface area contributed by atoms with Gasteiger partial charge in [0.15, 0.2) is 0 Å². The molecule has 0 saturated carbocycles. The van der Waals surface area contributed by atoms with E-state index in [1.54, 1.807) is 30.5 Å². The van der Waals surface area contributed by atoms with Crippen LogP contribution in [0.1, 0.15) is 11.5 Å². The lowest BCUT2D eigenvalue weighted by atomic mass is 10.3. The van der Waals surface area contributed by atoms with E-state index in [9.17, 15) is 8.42 Å². The van der Waals surface area contributed by atoms with Crippen LogP contribution in [0.15, 0.2) is 83.9 Å². The molecule has 0 radical (unpaired) electrons. The van der Waals surface area contributed by atoms with Gasteiger partial charge >= 0.3 is 0 Å². The maximum atomic E-state index is 12.3. The minimum atomic E-state index is -3.60. The van der Waals surface area contributed by atoms with E-state index in [1.807, 2.05) is 24.3 Å². The number of aliphatic imine (C=N–C) groups is 1. The lowest BCUT2D eigenvalue weighted by Crippen LogP contribution is -2.22. The number of nitrogens with one attached hydrogen (secondary N) is 1. The number of nitrogens with zero attached hydrogens (tertiary/aromatic N) is 1. The van der Waals surface area contributed by atoms with Gasteiger partial charge in [-0.05, 0) is 54.6 Å². The van der Waals surface area contributed by atoms with Crippen molar-refractivity contribution in [3.63, 3.8) is 0 Å². The van der Waals surface area contributed by atoms with Crippen LogP contribution in [0.4, 0.5) is 5.69 Å². The average Bonchev–Trinajstić information content (AvgIpc) is 3.07. The van der Waals surface area contributed by atoms with Crippen LogP contribution in [0.3, 0.4) is 0 Å². The van der Waals surface area contributed by atoms with Crippen LogP contribution in [0, 0.1) is 0 Å². The Balaban J connectivity index is 1.64. The predicted octanol–water partition coefficient (Wildman–Crippen LogP) is 5.03. The first-order valence-corrected chi connectivity index (χ1v) is 10.6. The zero-order chi connectivity index (χ0) is 18.6. The number of rotatable bonds is 6. The van der Waals surface area contributed by atoms with Crippen molar-refractivity contribution >= 4 is 53.8 Å². The second kappa shape index (κ2) is 8.30. The lowest BCUT2D eigenvalue weighted by Gasteiger charge is -2.05. The Labute approximate surface area is 168 Å². The van der Waals surface area contributed by atoms with Gasteiger partial charge in [-0.15, -0.1) is 0 Å². The van der Waals surface area contributed by atoms with E-state index < -0.39 is 10.0 Å². The smallest absolute Gasteiger partial charge is 0.240 e. The van der Waals surface area contributed by atoms with Crippen molar-refractivity contribution in [2.75, 3.05) is 0 Å². The quantitative estimate of drug-likeness (QED) is 0.485. The SMILES string of the molecule is O=S(=O)(NCc1ccc(C=Nc2cccc(Br)c2)o1)c1ccc(Br)cc1. The monoisotopic (exact) mass is 496 g/mol. The number of furan rings is 1. The highest BCUT2D eigenvalue weighted by atomic mass is 79.9. The molecule has 3 aromatic rings. The van der Waals surface area contributed by atoms with Gasteiger partial charge in [0.2, 0.25) is 10.0 Å². The van der Waals surface area contributed by atoms with Crippen LogP contribution in [0.25, 0.3) is 0 Å². The normalized spacial score (nSPS) is 11.9. The van der Waals surface area contributed by atoms with Gasteiger partial charge in [0.25, 0.3) is 0 Å². The first-order valence-electron chi connectivity index (χ1n) is 7.56. The fourth-order valence-electron chi connectivity index (χ4n) is 2.12. The molecular formula is C18H14Br2N2O3S. The number of benzene rings is 2. The standard InChI is InChI=1S/C18H14Br2N2O3S/c19-13-4-8-18(9-5-13)26(23,24)22-12-17-7-6-16(25-17)11-21-15-3-1-2-14(20)10-15/h1-11,22H,12H2. The summed E-state index contributed by atoms with van der Waals surface area (Å²) in [5, 5.41) is 0. The predicted molar refractivity (Wildman–Crippen MR) is 108 cm³/mol. The second-order valence-electron chi connectivity index (χ2n) is 5.32. The van der Waals surface area contributed by atoms with Gasteiger partial charge in [-0.2, -0.15) is 0 Å². The highest BCUT2D eigenvalue weighted by molar-refractivity contribution is 9.10. The maximum Gasteiger partial charge on any atom is 0.240 e. The largest absolute Gasteiger partial charge is 0.459 e. The zero-order valence-electron chi connectivity index (χ0n) is 13.4. The van der Waals surface area contributed by atoms with Gasteiger partial charge in [0, 0.05) is 8.95 Å². The van der Waals surface area contributed by atoms with Crippen molar-refractivity contribution in [3.8, 4) is 0 Å². The van der Waals surface area contributed by atoms with E-state index >= 15 is 0 Å². The molecule has 5 nitrogen and oxygen atoms in total. The molecule has 8 heteroatoms. The molecule has 0 saturated heterocycles. The molecule has 0 aliphatic rings. The number of sulfonamides is 1. The minimum absolute atomic E-state index is 0.0587. The third-order valence-electron chi connectivity index (χ3n) is 3.39. The molecule has 3 rings (SSSR count). The highest BCUT2D eigenvalue weighted by Crippen LogP contribution is 2.19. The molecule has 134 valence electrons. The fraction of sp³-hybridized carbons (Fsp3) is 0.0556. The van der Waals surface area contributed by atoms with Crippen LogP contribution in [0.2, 0.25) is 0 Å². The zero-order valence-corrected chi connectivity index (χ0v) is 17.4. The first-order chi connectivity index (χ1) is 12.4. The van der Waals surface area contributed by atoms with Crippen molar-refractivity contribution in [2.24, 2.45) is 4.99 Å². The van der Waals surface area contributed by atoms with Crippen molar-refractivity contribution < 1.29 is 12.8 Å². The Morgan fingerprint density at radius 3 is 2.50 bits per heavy atom. The Bertz CT molecular complexity index is 1030. The third kappa shape index (κ3) is 5.14. The molecule has 0 fully saturated rings. The summed E-state index contributed by atoms with van der Waals surface area (Å²) >= 11 is 6.67. The molecule has 1 N–H and O–H groups in total. The summed E-state index contributed by atoms with van der Waals surface area (Å²) in [6, 6.07) is 17.4. The Kier molecular flexibility index (Phi) is 6.08. The molecule has 1 heterocycles. The van der Waals surface area contributed by atoms with E-state index in [-0.39, 0.29) is 11.4 Å². The molecular weight excluding hydrogens is 484 g/mol. The Morgan fingerprint density at radius 1 is 1.00 bits per heavy atom. The summed E-state index contributed by atoms with van der Waals surface area (Å²) in [6.07, 6.45) is 1.59. The molecule has 0 bridgehead atoms. The molecule has 26 heavy (non-hydrogen) atoms. The number of hydrogen-bond donors (Lipinski definition) is 1.